The number of pyridine rings is 1. The molecule has 0 radical (unpaired) electrons. The van der Waals surface area contributed by atoms with E-state index in [2.05, 4.69) is 39.8 Å². The van der Waals surface area contributed by atoms with Crippen LogP contribution in [-0.2, 0) is 4.74 Å². The van der Waals surface area contributed by atoms with Gasteiger partial charge in [0.1, 0.15) is 0 Å². The standard InChI is InChI=1S/C17H29N5O2/c1-14(2)13-24-11-5-8-21-17(18-3)22-10-9-20-16(23)15-6-4-7-19-12-15/h4,6-7,12,14H,5,8-11,13H2,1-3H3,(H,20,23)(H2,18,21,22). The van der Waals surface area contributed by atoms with Crippen LogP contribution in [0.3, 0.4) is 0 Å². The average molecular weight is 335 g/mol. The summed E-state index contributed by atoms with van der Waals surface area (Å²) in [6, 6.07) is 3.47. The lowest BCUT2D eigenvalue weighted by atomic mass is 10.2. The molecule has 0 aromatic carbocycles. The largest absolute Gasteiger partial charge is 0.381 e. The summed E-state index contributed by atoms with van der Waals surface area (Å²) < 4.78 is 5.52. The molecular formula is C17H29N5O2. The number of hydrogen-bond acceptors (Lipinski definition) is 4. The highest BCUT2D eigenvalue weighted by Crippen LogP contribution is 1.94. The molecule has 1 aromatic rings. The van der Waals surface area contributed by atoms with Gasteiger partial charge in [-0.1, -0.05) is 13.8 Å². The summed E-state index contributed by atoms with van der Waals surface area (Å²) in [7, 11) is 1.72. The number of aromatic nitrogens is 1. The van der Waals surface area contributed by atoms with Crippen molar-refractivity contribution in [2.24, 2.45) is 10.9 Å². The Hall–Kier alpha value is -2.15. The first kappa shape index (κ1) is 19.9. The van der Waals surface area contributed by atoms with E-state index in [0.29, 0.717) is 24.6 Å². The molecule has 1 aromatic heterocycles. The van der Waals surface area contributed by atoms with Gasteiger partial charge in [-0.05, 0) is 24.5 Å². The van der Waals surface area contributed by atoms with Crippen LogP contribution in [0.4, 0.5) is 0 Å². The maximum atomic E-state index is 11.8. The summed E-state index contributed by atoms with van der Waals surface area (Å²) in [4.78, 5) is 19.9. The topological polar surface area (TPSA) is 87.6 Å². The maximum Gasteiger partial charge on any atom is 0.252 e. The molecular weight excluding hydrogens is 306 g/mol. The van der Waals surface area contributed by atoms with Crippen molar-refractivity contribution >= 4 is 11.9 Å². The third-order valence-corrected chi connectivity index (χ3v) is 3.06. The lowest BCUT2D eigenvalue weighted by Crippen LogP contribution is -2.42. The van der Waals surface area contributed by atoms with Crippen molar-refractivity contribution < 1.29 is 9.53 Å². The van der Waals surface area contributed by atoms with Crippen molar-refractivity contribution in [1.82, 2.24) is 20.9 Å². The van der Waals surface area contributed by atoms with E-state index in [0.717, 1.165) is 32.1 Å². The molecule has 3 N–H and O–H groups in total. The second kappa shape index (κ2) is 12.3. The van der Waals surface area contributed by atoms with E-state index in [4.69, 9.17) is 4.74 Å². The zero-order chi connectivity index (χ0) is 17.6. The number of nitrogens with one attached hydrogen (secondary N) is 3. The Labute approximate surface area is 144 Å². The van der Waals surface area contributed by atoms with Crippen LogP contribution in [0.2, 0.25) is 0 Å². The summed E-state index contributed by atoms with van der Waals surface area (Å²) in [5.74, 6) is 1.15. The van der Waals surface area contributed by atoms with Crippen molar-refractivity contribution in [3.63, 3.8) is 0 Å². The lowest BCUT2D eigenvalue weighted by molar-refractivity contribution is 0.0954. The Morgan fingerprint density at radius 1 is 1.25 bits per heavy atom. The highest BCUT2D eigenvalue weighted by molar-refractivity contribution is 5.93. The van der Waals surface area contributed by atoms with Gasteiger partial charge in [0, 0.05) is 52.3 Å². The Morgan fingerprint density at radius 3 is 2.67 bits per heavy atom. The van der Waals surface area contributed by atoms with Gasteiger partial charge < -0.3 is 20.7 Å². The Kier molecular flexibility index (Phi) is 10.2. The molecule has 0 aliphatic rings. The summed E-state index contributed by atoms with van der Waals surface area (Å²) in [6.07, 6.45) is 4.11. The van der Waals surface area contributed by atoms with Crippen LogP contribution in [0.5, 0.6) is 0 Å². The first-order valence-corrected chi connectivity index (χ1v) is 8.34. The van der Waals surface area contributed by atoms with Crippen LogP contribution in [0.15, 0.2) is 29.5 Å². The summed E-state index contributed by atoms with van der Waals surface area (Å²) in [6.45, 7) is 7.70. The molecule has 134 valence electrons. The number of amides is 1. The minimum absolute atomic E-state index is 0.129. The smallest absolute Gasteiger partial charge is 0.252 e. The molecule has 0 unspecified atom stereocenters. The van der Waals surface area contributed by atoms with Gasteiger partial charge in [-0.15, -0.1) is 0 Å². The number of guanidine groups is 1. The van der Waals surface area contributed by atoms with E-state index in [9.17, 15) is 4.79 Å². The molecule has 0 atom stereocenters. The maximum absolute atomic E-state index is 11.8. The highest BCUT2D eigenvalue weighted by atomic mass is 16.5. The fourth-order valence-corrected chi connectivity index (χ4v) is 1.88. The normalized spacial score (nSPS) is 11.4. The third-order valence-electron chi connectivity index (χ3n) is 3.06. The quantitative estimate of drug-likeness (QED) is 0.338. The van der Waals surface area contributed by atoms with Crippen LogP contribution < -0.4 is 16.0 Å². The minimum Gasteiger partial charge on any atom is -0.381 e. The SMILES string of the molecule is CN=C(NCCCOCC(C)C)NCCNC(=O)c1cccnc1. The molecule has 24 heavy (non-hydrogen) atoms. The van der Waals surface area contributed by atoms with Gasteiger partial charge in [0.2, 0.25) is 0 Å². The van der Waals surface area contributed by atoms with Crippen molar-refractivity contribution in [2.75, 3.05) is 39.9 Å². The molecule has 7 heteroatoms. The van der Waals surface area contributed by atoms with Crippen LogP contribution >= 0.6 is 0 Å². The van der Waals surface area contributed by atoms with Crippen LogP contribution in [0.1, 0.15) is 30.6 Å². The van der Waals surface area contributed by atoms with Crippen molar-refractivity contribution in [3.05, 3.63) is 30.1 Å². The fourth-order valence-electron chi connectivity index (χ4n) is 1.88. The molecule has 1 amide bonds. The van der Waals surface area contributed by atoms with E-state index in [1.807, 2.05) is 0 Å². The van der Waals surface area contributed by atoms with Crippen LogP contribution in [0.25, 0.3) is 0 Å². The molecule has 0 bridgehead atoms. The van der Waals surface area contributed by atoms with Gasteiger partial charge in [-0.2, -0.15) is 0 Å². The first-order chi connectivity index (χ1) is 11.6. The van der Waals surface area contributed by atoms with Crippen LogP contribution in [0, 0.1) is 5.92 Å². The highest BCUT2D eigenvalue weighted by Gasteiger charge is 2.04. The fraction of sp³-hybridized carbons (Fsp3) is 0.588. The number of carbonyl (C=O) groups excluding carboxylic acids is 1. The van der Waals surface area contributed by atoms with Gasteiger partial charge in [0.05, 0.1) is 5.56 Å². The number of carbonyl (C=O) groups is 1. The van der Waals surface area contributed by atoms with Crippen molar-refractivity contribution in [2.45, 2.75) is 20.3 Å². The van der Waals surface area contributed by atoms with Gasteiger partial charge in [-0.3, -0.25) is 14.8 Å². The molecule has 0 aliphatic heterocycles. The van der Waals surface area contributed by atoms with Crippen molar-refractivity contribution in [1.29, 1.82) is 0 Å². The summed E-state index contributed by atoms with van der Waals surface area (Å²) in [5.41, 5.74) is 0.557. The molecule has 7 nitrogen and oxygen atoms in total. The molecule has 1 rings (SSSR count). The Bertz CT molecular complexity index is 491. The Balaban J connectivity index is 2.08. The number of hydrogen-bond donors (Lipinski definition) is 3. The molecule has 0 spiro atoms. The number of aliphatic imine (C=N–C) groups is 1. The molecule has 0 fully saturated rings. The van der Waals surface area contributed by atoms with E-state index >= 15 is 0 Å². The van der Waals surface area contributed by atoms with E-state index in [1.165, 1.54) is 0 Å². The summed E-state index contributed by atoms with van der Waals surface area (Å²) in [5, 5.41) is 9.20. The zero-order valence-corrected chi connectivity index (χ0v) is 14.8. The molecule has 0 aliphatic carbocycles. The van der Waals surface area contributed by atoms with E-state index in [-0.39, 0.29) is 5.91 Å². The van der Waals surface area contributed by atoms with Gasteiger partial charge >= 0.3 is 0 Å². The zero-order valence-electron chi connectivity index (χ0n) is 14.8. The lowest BCUT2D eigenvalue weighted by Gasteiger charge is -2.12. The van der Waals surface area contributed by atoms with Gasteiger partial charge in [-0.25, -0.2) is 0 Å². The van der Waals surface area contributed by atoms with Gasteiger partial charge in [0.15, 0.2) is 5.96 Å². The van der Waals surface area contributed by atoms with E-state index in [1.54, 1.807) is 31.6 Å². The molecule has 1 heterocycles. The number of rotatable bonds is 10. The number of ether oxygens (including phenoxy) is 1. The Morgan fingerprint density at radius 2 is 2.00 bits per heavy atom. The molecule has 0 saturated carbocycles. The summed E-state index contributed by atoms with van der Waals surface area (Å²) >= 11 is 0. The average Bonchev–Trinajstić information content (AvgIpc) is 2.60. The van der Waals surface area contributed by atoms with Gasteiger partial charge in [0.25, 0.3) is 5.91 Å². The second-order valence-electron chi connectivity index (χ2n) is 5.75. The third kappa shape index (κ3) is 9.09. The predicted molar refractivity (Wildman–Crippen MR) is 96.2 cm³/mol. The van der Waals surface area contributed by atoms with Crippen molar-refractivity contribution in [3.8, 4) is 0 Å². The van der Waals surface area contributed by atoms with Crippen LogP contribution in [-0.4, -0.2) is 56.7 Å². The number of nitrogens with zero attached hydrogens (tertiary/aromatic N) is 2. The monoisotopic (exact) mass is 335 g/mol. The molecule has 0 saturated heterocycles. The minimum atomic E-state index is -0.129. The van der Waals surface area contributed by atoms with E-state index < -0.39 is 0 Å². The first-order valence-electron chi connectivity index (χ1n) is 8.34. The second-order valence-corrected chi connectivity index (χ2v) is 5.75. The predicted octanol–water partition coefficient (Wildman–Crippen LogP) is 1.04.